The van der Waals surface area contributed by atoms with Crippen molar-refractivity contribution in [2.45, 2.75) is 32.0 Å². The molecule has 2 atom stereocenters. The van der Waals surface area contributed by atoms with Gasteiger partial charge in [-0.2, -0.15) is 0 Å². The Labute approximate surface area is 156 Å². The van der Waals surface area contributed by atoms with Gasteiger partial charge in [-0.25, -0.2) is 4.79 Å². The summed E-state index contributed by atoms with van der Waals surface area (Å²) in [5.41, 5.74) is 5.89. The van der Waals surface area contributed by atoms with E-state index in [2.05, 4.69) is 10.6 Å². The van der Waals surface area contributed by atoms with Gasteiger partial charge in [-0.1, -0.05) is 30.3 Å². The standard InChI is InChI=1S/C17H23N3O7/c1-2-26-14(22)8-12(15(18)23)19-16(24)13(9-21)20-17(25)27-10-11-6-4-3-5-7-11/h3-7,12-13,21H,2,8-10H2,1H3,(H2,18,23)(H,19,24)(H,20,25)/t12-,13+/m1/s1. The lowest BCUT2D eigenvalue weighted by Crippen LogP contribution is -2.54. The largest absolute Gasteiger partial charge is 0.466 e. The molecule has 0 saturated heterocycles. The second-order valence-corrected chi connectivity index (χ2v) is 5.41. The van der Waals surface area contributed by atoms with Crippen LogP contribution in [-0.2, 0) is 30.5 Å². The highest BCUT2D eigenvalue weighted by Gasteiger charge is 2.27. The molecule has 10 heteroatoms. The Bertz CT molecular complexity index is 651. The number of aliphatic hydroxyl groups is 1. The van der Waals surface area contributed by atoms with Crippen LogP contribution in [0.2, 0.25) is 0 Å². The van der Waals surface area contributed by atoms with Gasteiger partial charge < -0.3 is 30.9 Å². The summed E-state index contributed by atoms with van der Waals surface area (Å²) in [4.78, 5) is 46.8. The van der Waals surface area contributed by atoms with E-state index in [1.54, 1.807) is 37.3 Å². The van der Waals surface area contributed by atoms with Crippen molar-refractivity contribution in [2.75, 3.05) is 13.2 Å². The molecule has 10 nitrogen and oxygen atoms in total. The monoisotopic (exact) mass is 381 g/mol. The maximum Gasteiger partial charge on any atom is 0.408 e. The molecule has 0 heterocycles. The molecule has 0 fully saturated rings. The number of nitrogens with one attached hydrogen (secondary N) is 2. The maximum absolute atomic E-state index is 12.1. The second kappa shape index (κ2) is 11.5. The number of hydrogen-bond acceptors (Lipinski definition) is 7. The molecular weight excluding hydrogens is 358 g/mol. The SMILES string of the molecule is CCOC(=O)C[C@@H](NC(=O)[C@H](CO)NC(=O)OCc1ccccc1)C(N)=O. The Hall–Kier alpha value is -3.14. The molecule has 5 N–H and O–H groups in total. The fourth-order valence-corrected chi connectivity index (χ4v) is 1.98. The van der Waals surface area contributed by atoms with Crippen molar-refractivity contribution in [2.24, 2.45) is 5.73 Å². The third-order valence-corrected chi connectivity index (χ3v) is 3.34. The number of aliphatic hydroxyl groups excluding tert-OH is 1. The summed E-state index contributed by atoms with van der Waals surface area (Å²) >= 11 is 0. The number of alkyl carbamates (subject to hydrolysis) is 1. The Morgan fingerprint density at radius 1 is 1.07 bits per heavy atom. The van der Waals surface area contributed by atoms with Crippen LogP contribution in [0.3, 0.4) is 0 Å². The van der Waals surface area contributed by atoms with Crippen molar-refractivity contribution in [1.82, 2.24) is 10.6 Å². The van der Waals surface area contributed by atoms with E-state index in [9.17, 15) is 24.3 Å². The fourth-order valence-electron chi connectivity index (χ4n) is 1.98. The van der Waals surface area contributed by atoms with Gasteiger partial charge in [0.2, 0.25) is 11.8 Å². The Kier molecular flexibility index (Phi) is 9.30. The first-order chi connectivity index (χ1) is 12.9. The summed E-state index contributed by atoms with van der Waals surface area (Å²) in [7, 11) is 0. The number of primary amides is 1. The predicted octanol–water partition coefficient (Wildman–Crippen LogP) is -0.803. The minimum Gasteiger partial charge on any atom is -0.466 e. The van der Waals surface area contributed by atoms with Crippen molar-refractivity contribution < 1.29 is 33.8 Å². The number of rotatable bonds is 10. The Morgan fingerprint density at radius 3 is 2.30 bits per heavy atom. The quantitative estimate of drug-likeness (QED) is 0.386. The maximum atomic E-state index is 12.1. The molecule has 1 aromatic rings. The molecule has 0 aliphatic heterocycles. The van der Waals surface area contributed by atoms with E-state index in [-0.39, 0.29) is 13.2 Å². The van der Waals surface area contributed by atoms with Crippen LogP contribution in [-0.4, -0.2) is 54.3 Å². The number of carbonyl (C=O) groups excluding carboxylic acids is 4. The van der Waals surface area contributed by atoms with Crippen LogP contribution in [0.1, 0.15) is 18.9 Å². The zero-order chi connectivity index (χ0) is 20.2. The van der Waals surface area contributed by atoms with Gasteiger partial charge in [-0.15, -0.1) is 0 Å². The number of ether oxygens (including phenoxy) is 2. The van der Waals surface area contributed by atoms with E-state index in [1.165, 1.54) is 0 Å². The van der Waals surface area contributed by atoms with E-state index in [1.807, 2.05) is 0 Å². The molecule has 148 valence electrons. The first kappa shape index (κ1) is 21.9. The minimum atomic E-state index is -1.39. The van der Waals surface area contributed by atoms with E-state index in [0.717, 1.165) is 5.56 Å². The second-order valence-electron chi connectivity index (χ2n) is 5.41. The lowest BCUT2D eigenvalue weighted by Gasteiger charge is -2.20. The first-order valence-corrected chi connectivity index (χ1v) is 8.20. The molecule has 3 amide bonds. The lowest BCUT2D eigenvalue weighted by molar-refractivity contribution is -0.145. The highest BCUT2D eigenvalue weighted by atomic mass is 16.5. The molecule has 27 heavy (non-hydrogen) atoms. The molecule has 0 unspecified atom stereocenters. The smallest absolute Gasteiger partial charge is 0.408 e. The third-order valence-electron chi connectivity index (χ3n) is 3.34. The molecule has 0 aliphatic carbocycles. The first-order valence-electron chi connectivity index (χ1n) is 8.20. The summed E-state index contributed by atoms with van der Waals surface area (Å²) in [5.74, 6) is -2.58. The molecule has 0 aliphatic rings. The predicted molar refractivity (Wildman–Crippen MR) is 93.0 cm³/mol. The van der Waals surface area contributed by atoms with Gasteiger partial charge in [0.25, 0.3) is 0 Å². The number of esters is 1. The van der Waals surface area contributed by atoms with Crippen molar-refractivity contribution in [3.8, 4) is 0 Å². The van der Waals surface area contributed by atoms with Gasteiger partial charge in [-0.3, -0.25) is 14.4 Å². The molecular formula is C17H23N3O7. The normalized spacial score (nSPS) is 12.4. The topological polar surface area (TPSA) is 157 Å². The van der Waals surface area contributed by atoms with Crippen molar-refractivity contribution >= 4 is 23.9 Å². The lowest BCUT2D eigenvalue weighted by atomic mass is 10.1. The summed E-state index contributed by atoms with van der Waals surface area (Å²) in [6.45, 7) is 0.908. The van der Waals surface area contributed by atoms with Gasteiger partial charge in [0.15, 0.2) is 0 Å². The van der Waals surface area contributed by atoms with E-state index >= 15 is 0 Å². The Morgan fingerprint density at radius 2 is 1.74 bits per heavy atom. The summed E-state index contributed by atoms with van der Waals surface area (Å²) < 4.78 is 9.64. The van der Waals surface area contributed by atoms with Crippen LogP contribution in [0.4, 0.5) is 4.79 Å². The molecule has 1 rings (SSSR count). The summed E-state index contributed by atoms with van der Waals surface area (Å²) in [6.07, 6.45) is -1.40. The van der Waals surface area contributed by atoms with Gasteiger partial charge in [-0.05, 0) is 12.5 Å². The van der Waals surface area contributed by atoms with E-state index in [4.69, 9.17) is 15.2 Å². The van der Waals surface area contributed by atoms with E-state index < -0.39 is 49.0 Å². The molecule has 0 radical (unpaired) electrons. The number of carbonyl (C=O) groups is 4. The fraction of sp³-hybridized carbons (Fsp3) is 0.412. The zero-order valence-corrected chi connectivity index (χ0v) is 14.8. The minimum absolute atomic E-state index is 0.0286. The molecule has 0 aromatic heterocycles. The van der Waals surface area contributed by atoms with Crippen LogP contribution in [0, 0.1) is 0 Å². The zero-order valence-electron chi connectivity index (χ0n) is 14.8. The van der Waals surface area contributed by atoms with Crippen LogP contribution in [0.25, 0.3) is 0 Å². The van der Waals surface area contributed by atoms with Crippen LogP contribution in [0.5, 0.6) is 0 Å². The summed E-state index contributed by atoms with van der Waals surface area (Å²) in [5, 5.41) is 13.7. The van der Waals surface area contributed by atoms with Crippen molar-refractivity contribution in [3.63, 3.8) is 0 Å². The third kappa shape index (κ3) is 8.19. The number of amides is 3. The summed E-state index contributed by atoms with van der Waals surface area (Å²) in [6, 6.07) is 6.11. The average Bonchev–Trinajstić information content (AvgIpc) is 2.64. The Balaban J connectivity index is 2.56. The number of nitrogens with two attached hydrogens (primary N) is 1. The molecule has 0 spiro atoms. The number of benzene rings is 1. The van der Waals surface area contributed by atoms with Crippen LogP contribution in [0.15, 0.2) is 30.3 Å². The van der Waals surface area contributed by atoms with Gasteiger partial charge >= 0.3 is 12.1 Å². The molecule has 1 aromatic carbocycles. The number of hydrogen-bond donors (Lipinski definition) is 4. The van der Waals surface area contributed by atoms with E-state index in [0.29, 0.717) is 0 Å². The van der Waals surface area contributed by atoms with Crippen LogP contribution >= 0.6 is 0 Å². The van der Waals surface area contributed by atoms with Crippen molar-refractivity contribution in [3.05, 3.63) is 35.9 Å². The average molecular weight is 381 g/mol. The highest BCUT2D eigenvalue weighted by Crippen LogP contribution is 2.01. The van der Waals surface area contributed by atoms with Gasteiger partial charge in [0.05, 0.1) is 19.6 Å². The van der Waals surface area contributed by atoms with Crippen molar-refractivity contribution in [1.29, 1.82) is 0 Å². The van der Waals surface area contributed by atoms with Crippen LogP contribution < -0.4 is 16.4 Å². The molecule has 0 saturated carbocycles. The van der Waals surface area contributed by atoms with Gasteiger partial charge in [0, 0.05) is 0 Å². The molecule has 0 bridgehead atoms. The van der Waals surface area contributed by atoms with Gasteiger partial charge in [0.1, 0.15) is 18.7 Å². The highest BCUT2D eigenvalue weighted by molar-refractivity contribution is 5.92.